The smallest absolute Gasteiger partial charge is 0.251 e. The minimum atomic E-state index is -0.00452. The van der Waals surface area contributed by atoms with Crippen molar-refractivity contribution in [2.75, 3.05) is 18.8 Å². The van der Waals surface area contributed by atoms with Crippen molar-refractivity contribution in [3.63, 3.8) is 0 Å². The van der Waals surface area contributed by atoms with Gasteiger partial charge in [0.25, 0.3) is 5.56 Å². The van der Waals surface area contributed by atoms with Crippen molar-refractivity contribution >= 4 is 11.7 Å². The number of nitrogens with two attached hydrogens (primary N) is 1. The van der Waals surface area contributed by atoms with Gasteiger partial charge < -0.3 is 15.2 Å². The van der Waals surface area contributed by atoms with E-state index in [-0.39, 0.29) is 11.5 Å². The Balaban J connectivity index is 1.42. The lowest BCUT2D eigenvalue weighted by Crippen LogP contribution is -2.49. The Hall–Kier alpha value is -2.70. The van der Waals surface area contributed by atoms with Crippen molar-refractivity contribution in [1.29, 1.82) is 0 Å². The first-order chi connectivity index (χ1) is 14.1. The molecule has 29 heavy (non-hydrogen) atoms. The molecule has 0 unspecified atom stereocenters. The molecular weight excluding hydrogens is 366 g/mol. The van der Waals surface area contributed by atoms with Gasteiger partial charge in [-0.05, 0) is 37.2 Å². The number of carbonyl (C=O) groups is 1. The lowest BCUT2D eigenvalue weighted by Gasteiger charge is -2.43. The Morgan fingerprint density at radius 2 is 1.93 bits per heavy atom. The van der Waals surface area contributed by atoms with Gasteiger partial charge in [-0.15, -0.1) is 0 Å². The number of aromatic nitrogens is 3. The number of hydrogen-bond acceptors (Lipinski definition) is 5. The number of anilines is 1. The first kappa shape index (κ1) is 18.3. The van der Waals surface area contributed by atoms with E-state index in [0.29, 0.717) is 48.8 Å². The summed E-state index contributed by atoms with van der Waals surface area (Å²) in [5.41, 5.74) is 8.23. The minimum absolute atomic E-state index is 0.00452. The Morgan fingerprint density at radius 3 is 2.72 bits per heavy atom. The highest BCUT2D eigenvalue weighted by Crippen LogP contribution is 2.37. The molecule has 5 rings (SSSR count). The molecule has 2 aliphatic heterocycles. The Morgan fingerprint density at radius 1 is 1.10 bits per heavy atom. The van der Waals surface area contributed by atoms with Gasteiger partial charge in [0.1, 0.15) is 12.1 Å². The number of rotatable bonds is 3. The van der Waals surface area contributed by atoms with E-state index in [1.165, 1.54) is 32.0 Å². The van der Waals surface area contributed by atoms with E-state index in [4.69, 9.17) is 5.73 Å². The quantitative estimate of drug-likeness (QED) is 0.864. The van der Waals surface area contributed by atoms with Crippen LogP contribution >= 0.6 is 0 Å². The summed E-state index contributed by atoms with van der Waals surface area (Å²) in [7, 11) is 0. The number of nitrogens with zero attached hydrogens (tertiary/aromatic N) is 4. The summed E-state index contributed by atoms with van der Waals surface area (Å²) < 4.78 is 1.89. The molecule has 2 aromatic heterocycles. The van der Waals surface area contributed by atoms with Gasteiger partial charge in [0.05, 0.1) is 5.69 Å². The number of pyridine rings is 1. The van der Waals surface area contributed by atoms with E-state index in [1.54, 1.807) is 12.1 Å². The first-order valence-electron chi connectivity index (χ1n) is 10.7. The fourth-order valence-corrected chi connectivity index (χ4v) is 5.43. The number of likely N-dealkylation sites (tertiary alicyclic amines) is 1. The number of fused-ring (bicyclic) bond motifs is 4. The van der Waals surface area contributed by atoms with Gasteiger partial charge in [-0.2, -0.15) is 0 Å². The second-order valence-electron chi connectivity index (χ2n) is 8.90. The normalized spacial score (nSPS) is 23.8. The van der Waals surface area contributed by atoms with Crippen LogP contribution in [-0.4, -0.2) is 38.4 Å². The third-order valence-electron chi connectivity index (χ3n) is 6.83. The van der Waals surface area contributed by atoms with Crippen LogP contribution in [0.25, 0.3) is 11.3 Å². The molecule has 2 bridgehead atoms. The Bertz CT molecular complexity index is 995. The van der Waals surface area contributed by atoms with Crippen LogP contribution in [0.4, 0.5) is 5.82 Å². The van der Waals surface area contributed by atoms with E-state index >= 15 is 0 Å². The zero-order valence-electron chi connectivity index (χ0n) is 16.6. The third-order valence-corrected chi connectivity index (χ3v) is 6.83. The fraction of sp³-hybridized carbons (Fsp3) is 0.545. The molecule has 4 heterocycles. The lowest BCUT2D eigenvalue weighted by atomic mass is 9.82. The van der Waals surface area contributed by atoms with Crippen molar-refractivity contribution in [3.8, 4) is 11.3 Å². The van der Waals surface area contributed by atoms with Gasteiger partial charge in [-0.1, -0.05) is 12.8 Å². The minimum Gasteiger partial charge on any atom is -0.384 e. The molecule has 1 amide bonds. The molecule has 152 valence electrons. The van der Waals surface area contributed by atoms with Gasteiger partial charge in [0.15, 0.2) is 0 Å². The number of amides is 1. The summed E-state index contributed by atoms with van der Waals surface area (Å²) >= 11 is 0. The van der Waals surface area contributed by atoms with Crippen LogP contribution < -0.4 is 11.3 Å². The second kappa shape index (κ2) is 7.28. The maximum Gasteiger partial charge on any atom is 0.251 e. The first-order valence-corrected chi connectivity index (χ1v) is 10.7. The molecule has 7 nitrogen and oxygen atoms in total. The molecule has 3 aliphatic rings. The predicted octanol–water partition coefficient (Wildman–Crippen LogP) is 2.41. The standard InChI is InChI=1S/C22H27N5O2/c23-20-9-18(24-13-25-20)16-7-19-17-5-15(11-27(19)22(29)8-16)10-26(12-17)21(28)6-14-3-1-2-4-14/h7-9,13-15,17H,1-6,10-12H2,(H2,23,24,25)/t15-,17+/m0/s1. The highest BCUT2D eigenvalue weighted by Gasteiger charge is 2.37. The molecule has 2 aromatic rings. The predicted molar refractivity (Wildman–Crippen MR) is 110 cm³/mol. The average molecular weight is 393 g/mol. The molecule has 0 spiro atoms. The second-order valence-corrected chi connectivity index (χ2v) is 8.90. The molecule has 1 saturated heterocycles. The summed E-state index contributed by atoms with van der Waals surface area (Å²) in [4.78, 5) is 36.0. The molecule has 1 saturated carbocycles. The Labute approximate surface area is 170 Å². The van der Waals surface area contributed by atoms with E-state index in [2.05, 4.69) is 20.9 Å². The highest BCUT2D eigenvalue weighted by molar-refractivity contribution is 5.76. The van der Waals surface area contributed by atoms with Gasteiger partial charge in [0.2, 0.25) is 5.91 Å². The van der Waals surface area contributed by atoms with E-state index in [1.807, 2.05) is 4.57 Å². The van der Waals surface area contributed by atoms with Crippen LogP contribution in [0.2, 0.25) is 0 Å². The van der Waals surface area contributed by atoms with Crippen molar-refractivity contribution in [2.45, 2.75) is 51.0 Å². The molecule has 2 N–H and O–H groups in total. The maximum atomic E-state index is 12.9. The summed E-state index contributed by atoms with van der Waals surface area (Å²) in [6, 6.07) is 5.38. The largest absolute Gasteiger partial charge is 0.384 e. The van der Waals surface area contributed by atoms with Crippen molar-refractivity contribution in [1.82, 2.24) is 19.4 Å². The average Bonchev–Trinajstić information content (AvgIpc) is 3.21. The fourth-order valence-electron chi connectivity index (χ4n) is 5.43. The molecule has 2 atom stereocenters. The van der Waals surface area contributed by atoms with Crippen molar-refractivity contribution < 1.29 is 4.79 Å². The monoisotopic (exact) mass is 393 g/mol. The van der Waals surface area contributed by atoms with Crippen LogP contribution in [0.3, 0.4) is 0 Å². The topological polar surface area (TPSA) is 94.1 Å². The number of piperidine rings is 1. The molecule has 1 aliphatic carbocycles. The highest BCUT2D eigenvalue weighted by atomic mass is 16.2. The SMILES string of the molecule is Nc1cc(-c2cc3n(c(=O)c2)C[C@H]2C[C@@H]3CN(C(=O)CC3CCCC3)C2)ncn1. The third kappa shape index (κ3) is 3.54. The number of hydrogen-bond donors (Lipinski definition) is 1. The molecule has 2 fully saturated rings. The number of nitrogen functional groups attached to an aromatic ring is 1. The van der Waals surface area contributed by atoms with Gasteiger partial charge in [-0.25, -0.2) is 9.97 Å². The van der Waals surface area contributed by atoms with Crippen LogP contribution in [0.5, 0.6) is 0 Å². The summed E-state index contributed by atoms with van der Waals surface area (Å²) in [5.74, 6) is 1.79. The molecule has 7 heteroatoms. The van der Waals surface area contributed by atoms with Crippen molar-refractivity contribution in [3.05, 3.63) is 40.6 Å². The summed E-state index contributed by atoms with van der Waals surface area (Å²) in [6.45, 7) is 2.17. The van der Waals surface area contributed by atoms with Crippen LogP contribution in [0.15, 0.2) is 29.3 Å². The Kier molecular flexibility index (Phi) is 4.60. The molecule has 0 radical (unpaired) electrons. The zero-order valence-corrected chi connectivity index (χ0v) is 16.6. The number of carbonyl (C=O) groups excluding carboxylic acids is 1. The summed E-state index contributed by atoms with van der Waals surface area (Å²) in [6.07, 6.45) is 8.04. The lowest BCUT2D eigenvalue weighted by molar-refractivity contribution is -0.134. The van der Waals surface area contributed by atoms with E-state index in [9.17, 15) is 9.59 Å². The maximum absolute atomic E-state index is 12.9. The van der Waals surface area contributed by atoms with Gasteiger partial charge >= 0.3 is 0 Å². The molecule has 0 aromatic carbocycles. The van der Waals surface area contributed by atoms with Crippen LogP contribution in [0.1, 0.15) is 50.1 Å². The summed E-state index contributed by atoms with van der Waals surface area (Å²) in [5, 5.41) is 0. The van der Waals surface area contributed by atoms with Crippen molar-refractivity contribution in [2.24, 2.45) is 11.8 Å². The van der Waals surface area contributed by atoms with Gasteiger partial charge in [0, 0.05) is 55.4 Å². The zero-order chi connectivity index (χ0) is 20.0. The van der Waals surface area contributed by atoms with E-state index < -0.39 is 0 Å². The van der Waals surface area contributed by atoms with E-state index in [0.717, 1.165) is 24.2 Å². The molecular formula is C22H27N5O2. The van der Waals surface area contributed by atoms with Crippen LogP contribution in [0, 0.1) is 11.8 Å². The van der Waals surface area contributed by atoms with Crippen LogP contribution in [-0.2, 0) is 11.3 Å². The van der Waals surface area contributed by atoms with Gasteiger partial charge in [-0.3, -0.25) is 9.59 Å².